The molecule has 1 unspecified atom stereocenters. The number of hydrogen-bond acceptors (Lipinski definition) is 2. The predicted molar refractivity (Wildman–Crippen MR) is 82.3 cm³/mol. The van der Waals surface area contributed by atoms with Gasteiger partial charge in [-0.3, -0.25) is 0 Å². The third-order valence-electron chi connectivity index (χ3n) is 3.75. The summed E-state index contributed by atoms with van der Waals surface area (Å²) >= 11 is 3.63. The lowest BCUT2D eigenvalue weighted by molar-refractivity contribution is 0.420. The molecule has 18 heavy (non-hydrogen) atoms. The summed E-state index contributed by atoms with van der Waals surface area (Å²) in [6.07, 6.45) is 1.22. The van der Waals surface area contributed by atoms with Crippen LogP contribution in [0.1, 0.15) is 25.8 Å². The van der Waals surface area contributed by atoms with Crippen LogP contribution in [0.25, 0.3) is 0 Å². The highest BCUT2D eigenvalue weighted by Gasteiger charge is 2.20. The van der Waals surface area contributed by atoms with E-state index in [4.69, 9.17) is 0 Å². The third kappa shape index (κ3) is 3.27. The summed E-state index contributed by atoms with van der Waals surface area (Å²) in [5.74, 6) is 0.680. The lowest BCUT2D eigenvalue weighted by Gasteiger charge is -2.28. The first-order valence-electron chi connectivity index (χ1n) is 6.82. The zero-order valence-corrected chi connectivity index (χ0v) is 13.1. The third-order valence-corrected chi connectivity index (χ3v) is 4.61. The molecule has 0 radical (unpaired) electrons. The van der Waals surface area contributed by atoms with Crippen LogP contribution in [0.5, 0.6) is 0 Å². The number of anilines is 1. The van der Waals surface area contributed by atoms with Crippen LogP contribution in [0.15, 0.2) is 22.7 Å². The number of nitrogens with one attached hydrogen (secondary N) is 1. The van der Waals surface area contributed by atoms with Crippen LogP contribution >= 0.6 is 15.9 Å². The van der Waals surface area contributed by atoms with Crippen LogP contribution in [0, 0.1) is 12.8 Å². The van der Waals surface area contributed by atoms with Crippen LogP contribution in [0.4, 0.5) is 5.69 Å². The number of aryl methyl sites for hydroxylation is 1. The topological polar surface area (TPSA) is 15.3 Å². The summed E-state index contributed by atoms with van der Waals surface area (Å²) in [5, 5.41) is 3.65. The smallest absolute Gasteiger partial charge is 0.0378 e. The molecule has 2 rings (SSSR count). The summed E-state index contributed by atoms with van der Waals surface area (Å²) < 4.78 is 1.21. The van der Waals surface area contributed by atoms with Gasteiger partial charge in [0, 0.05) is 29.3 Å². The Hall–Kier alpha value is -0.540. The van der Waals surface area contributed by atoms with Gasteiger partial charge in [0.1, 0.15) is 0 Å². The van der Waals surface area contributed by atoms with Crippen molar-refractivity contribution in [2.45, 2.75) is 33.2 Å². The molecule has 0 spiro atoms. The van der Waals surface area contributed by atoms with Crippen molar-refractivity contribution in [3.8, 4) is 0 Å². The van der Waals surface area contributed by atoms with E-state index in [9.17, 15) is 0 Å². The van der Waals surface area contributed by atoms with Gasteiger partial charge in [-0.05, 0) is 43.5 Å². The largest absolute Gasteiger partial charge is 0.370 e. The van der Waals surface area contributed by atoms with Crippen molar-refractivity contribution in [2.75, 3.05) is 24.5 Å². The Morgan fingerprint density at radius 2 is 2.17 bits per heavy atom. The molecular weight excluding hydrogens is 288 g/mol. The molecule has 100 valence electrons. The second kappa shape index (κ2) is 6.07. The molecule has 1 aromatic rings. The van der Waals surface area contributed by atoms with Crippen LogP contribution in [0.2, 0.25) is 0 Å². The molecule has 0 saturated carbocycles. The first kappa shape index (κ1) is 13.9. The Morgan fingerprint density at radius 1 is 1.39 bits per heavy atom. The Labute approximate surface area is 119 Å². The second-order valence-corrected chi connectivity index (χ2v) is 6.39. The van der Waals surface area contributed by atoms with Crippen LogP contribution < -0.4 is 10.2 Å². The highest BCUT2D eigenvalue weighted by molar-refractivity contribution is 9.10. The molecule has 0 aliphatic carbocycles. The van der Waals surface area contributed by atoms with Gasteiger partial charge in [-0.15, -0.1) is 0 Å². The number of hydrogen-bond donors (Lipinski definition) is 1. The summed E-state index contributed by atoms with van der Waals surface area (Å²) in [6.45, 7) is 10.1. The predicted octanol–water partition coefficient (Wildman–Crippen LogP) is 3.58. The Bertz CT molecular complexity index is 403. The van der Waals surface area contributed by atoms with Gasteiger partial charge in [-0.1, -0.05) is 35.8 Å². The highest BCUT2D eigenvalue weighted by Crippen LogP contribution is 2.25. The summed E-state index contributed by atoms with van der Waals surface area (Å²) in [7, 11) is 0. The summed E-state index contributed by atoms with van der Waals surface area (Å²) in [5.41, 5.74) is 2.63. The van der Waals surface area contributed by atoms with E-state index in [1.54, 1.807) is 0 Å². The maximum atomic E-state index is 3.65. The normalized spacial score (nSPS) is 21.2. The molecule has 2 nitrogen and oxygen atoms in total. The molecule has 0 bridgehead atoms. The van der Waals surface area contributed by atoms with E-state index >= 15 is 0 Å². The average molecular weight is 311 g/mol. The van der Waals surface area contributed by atoms with E-state index in [0.717, 1.165) is 19.6 Å². The molecule has 1 heterocycles. The number of rotatable bonds is 2. The van der Waals surface area contributed by atoms with Gasteiger partial charge in [0.2, 0.25) is 0 Å². The van der Waals surface area contributed by atoms with Crippen LogP contribution in [-0.4, -0.2) is 25.7 Å². The minimum atomic E-state index is 0.590. The summed E-state index contributed by atoms with van der Waals surface area (Å²) in [6, 6.07) is 7.27. The number of benzene rings is 1. The molecule has 1 aromatic carbocycles. The van der Waals surface area contributed by atoms with Crippen molar-refractivity contribution < 1.29 is 0 Å². The minimum Gasteiger partial charge on any atom is -0.370 e. The zero-order valence-electron chi connectivity index (χ0n) is 11.5. The van der Waals surface area contributed by atoms with Crippen molar-refractivity contribution in [1.82, 2.24) is 5.32 Å². The Balaban J connectivity index is 2.17. The van der Waals surface area contributed by atoms with Crippen molar-refractivity contribution in [2.24, 2.45) is 5.92 Å². The summed E-state index contributed by atoms with van der Waals surface area (Å²) in [4.78, 5) is 2.51. The van der Waals surface area contributed by atoms with Crippen LogP contribution in [0.3, 0.4) is 0 Å². The quantitative estimate of drug-likeness (QED) is 0.898. The molecule has 1 N–H and O–H groups in total. The molecule has 1 saturated heterocycles. The molecule has 0 amide bonds. The van der Waals surface area contributed by atoms with Gasteiger partial charge in [0.25, 0.3) is 0 Å². The van der Waals surface area contributed by atoms with E-state index in [2.05, 4.69) is 65.1 Å². The maximum Gasteiger partial charge on any atom is 0.0378 e. The SMILES string of the molecule is Cc1ccc(N2CCCNC(C(C)C)C2)cc1Br. The van der Waals surface area contributed by atoms with E-state index in [-0.39, 0.29) is 0 Å². The van der Waals surface area contributed by atoms with Crippen molar-refractivity contribution in [3.63, 3.8) is 0 Å². The fourth-order valence-corrected chi connectivity index (χ4v) is 2.78. The maximum absolute atomic E-state index is 3.65. The molecule has 0 aromatic heterocycles. The standard InChI is InChI=1S/C15H23BrN2/c1-11(2)15-10-18(8-4-7-17-15)13-6-5-12(3)14(16)9-13/h5-6,9,11,15,17H,4,7-8,10H2,1-3H3. The van der Waals surface area contributed by atoms with E-state index in [1.807, 2.05) is 0 Å². The van der Waals surface area contributed by atoms with E-state index in [1.165, 1.54) is 22.1 Å². The van der Waals surface area contributed by atoms with Gasteiger partial charge < -0.3 is 10.2 Å². The van der Waals surface area contributed by atoms with Gasteiger partial charge in [-0.2, -0.15) is 0 Å². The average Bonchev–Trinajstić information content (AvgIpc) is 2.58. The first-order chi connectivity index (χ1) is 8.58. The van der Waals surface area contributed by atoms with Crippen LogP contribution in [-0.2, 0) is 0 Å². The van der Waals surface area contributed by atoms with Crippen molar-refractivity contribution in [1.29, 1.82) is 0 Å². The van der Waals surface area contributed by atoms with Gasteiger partial charge in [0.15, 0.2) is 0 Å². The minimum absolute atomic E-state index is 0.590. The van der Waals surface area contributed by atoms with Crippen molar-refractivity contribution >= 4 is 21.6 Å². The second-order valence-electron chi connectivity index (χ2n) is 5.54. The fourth-order valence-electron chi connectivity index (χ4n) is 2.41. The molecule has 1 aliphatic heterocycles. The highest BCUT2D eigenvalue weighted by atomic mass is 79.9. The van der Waals surface area contributed by atoms with E-state index in [0.29, 0.717) is 12.0 Å². The number of halogens is 1. The zero-order chi connectivity index (χ0) is 13.1. The Morgan fingerprint density at radius 3 is 2.83 bits per heavy atom. The molecule has 1 fully saturated rings. The lowest BCUT2D eigenvalue weighted by atomic mass is 10.0. The van der Waals surface area contributed by atoms with Gasteiger partial charge >= 0.3 is 0 Å². The van der Waals surface area contributed by atoms with Crippen molar-refractivity contribution in [3.05, 3.63) is 28.2 Å². The van der Waals surface area contributed by atoms with E-state index < -0.39 is 0 Å². The molecule has 3 heteroatoms. The van der Waals surface area contributed by atoms with Gasteiger partial charge in [-0.25, -0.2) is 0 Å². The molecular formula is C15H23BrN2. The fraction of sp³-hybridized carbons (Fsp3) is 0.600. The molecule has 1 aliphatic rings. The lowest BCUT2D eigenvalue weighted by Crippen LogP contribution is -2.41. The first-order valence-corrected chi connectivity index (χ1v) is 7.61. The number of nitrogens with zero attached hydrogens (tertiary/aromatic N) is 1. The van der Waals surface area contributed by atoms with Gasteiger partial charge in [0.05, 0.1) is 0 Å². The monoisotopic (exact) mass is 310 g/mol. The Kier molecular flexibility index (Phi) is 4.68. The molecule has 1 atom stereocenters.